The van der Waals surface area contributed by atoms with Crippen molar-refractivity contribution in [1.29, 1.82) is 0 Å². The van der Waals surface area contributed by atoms with E-state index in [2.05, 4.69) is 15.3 Å². The summed E-state index contributed by atoms with van der Waals surface area (Å²) >= 11 is 0. The molecule has 2 atom stereocenters. The van der Waals surface area contributed by atoms with E-state index < -0.39 is 29.2 Å². The standard InChI is InChI=1S/C29H28F3N7O4/c1-28(14-43-15-28)27(42)38-12-18(10-20(40)13-38)25-37-22(23-24(33)35-8-9-39(23)25)16-2-4-17(5-3-16)26(41)36-21-11-19(6-7-34-21)29(30,31)32/h2-9,11,18,20,40H,10,12-15H2,1H3,(H2,33,35)(H,34,36,41)/t18-,20+/m0/s1. The van der Waals surface area contributed by atoms with Crippen LogP contribution in [0.25, 0.3) is 16.8 Å². The minimum Gasteiger partial charge on any atom is -0.391 e. The molecule has 2 saturated heterocycles. The summed E-state index contributed by atoms with van der Waals surface area (Å²) in [5.41, 5.74) is 6.56. The number of fused-ring (bicyclic) bond motifs is 1. The number of rotatable bonds is 5. The number of aliphatic hydroxyl groups excluding tert-OH is 1. The lowest BCUT2D eigenvalue weighted by atomic mass is 9.85. The lowest BCUT2D eigenvalue weighted by Crippen LogP contribution is -2.57. The Bertz CT molecular complexity index is 1700. The molecule has 11 nitrogen and oxygen atoms in total. The molecule has 0 aliphatic carbocycles. The topological polar surface area (TPSA) is 148 Å². The number of ether oxygens (including phenoxy) is 1. The van der Waals surface area contributed by atoms with Gasteiger partial charge in [-0.05, 0) is 37.6 Å². The van der Waals surface area contributed by atoms with E-state index in [0.29, 0.717) is 48.8 Å². The zero-order chi connectivity index (χ0) is 30.5. The molecular formula is C29H28F3N7O4. The number of nitrogen functional groups attached to an aromatic ring is 1. The van der Waals surface area contributed by atoms with Gasteiger partial charge in [0.2, 0.25) is 5.91 Å². The Hall–Kier alpha value is -4.56. The van der Waals surface area contributed by atoms with E-state index >= 15 is 0 Å². The normalized spacial score (nSPS) is 20.1. The fourth-order valence-corrected chi connectivity index (χ4v) is 5.56. The number of aliphatic hydroxyl groups is 1. The summed E-state index contributed by atoms with van der Waals surface area (Å²) in [6.07, 6.45) is -0.687. The lowest BCUT2D eigenvalue weighted by Gasteiger charge is -2.43. The average Bonchev–Trinajstić information content (AvgIpc) is 3.36. The predicted octanol–water partition coefficient (Wildman–Crippen LogP) is 3.36. The van der Waals surface area contributed by atoms with Gasteiger partial charge in [0, 0.05) is 48.7 Å². The molecule has 2 aliphatic heterocycles. The van der Waals surface area contributed by atoms with Crippen molar-refractivity contribution in [2.45, 2.75) is 31.5 Å². The van der Waals surface area contributed by atoms with Gasteiger partial charge < -0.3 is 25.8 Å². The van der Waals surface area contributed by atoms with Gasteiger partial charge in [-0.25, -0.2) is 15.0 Å². The third-order valence-electron chi connectivity index (χ3n) is 7.80. The quantitative estimate of drug-likeness (QED) is 0.318. The van der Waals surface area contributed by atoms with Crippen molar-refractivity contribution in [3.63, 3.8) is 0 Å². The number of pyridine rings is 1. The van der Waals surface area contributed by atoms with E-state index in [0.717, 1.165) is 18.3 Å². The Morgan fingerprint density at radius 2 is 1.86 bits per heavy atom. The molecule has 2 aliphatic rings. The Balaban J connectivity index is 1.28. The SMILES string of the molecule is CC1(C(=O)N2C[C@H](O)C[C@H](c3nc(-c4ccc(C(=O)Nc5cc(C(F)(F)F)ccn5)cc4)c4c(N)nccn34)C2)COC1. The maximum absolute atomic E-state index is 13.2. The van der Waals surface area contributed by atoms with Crippen molar-refractivity contribution < 1.29 is 32.6 Å². The number of nitrogens with two attached hydrogens (primary N) is 1. The van der Waals surface area contributed by atoms with Crippen LogP contribution in [0.4, 0.5) is 24.8 Å². The fraction of sp³-hybridized carbons (Fsp3) is 0.345. The van der Waals surface area contributed by atoms with E-state index in [1.807, 2.05) is 6.92 Å². The van der Waals surface area contributed by atoms with Crippen LogP contribution in [0.15, 0.2) is 55.0 Å². The van der Waals surface area contributed by atoms with Crippen LogP contribution in [0.3, 0.4) is 0 Å². The smallest absolute Gasteiger partial charge is 0.391 e. The minimum absolute atomic E-state index is 0.0704. The number of nitrogens with one attached hydrogen (secondary N) is 1. The number of benzene rings is 1. The van der Waals surface area contributed by atoms with Crippen LogP contribution in [-0.4, -0.2) is 73.6 Å². The second kappa shape index (κ2) is 10.6. The molecule has 4 aromatic rings. The Labute approximate surface area is 243 Å². The number of aromatic nitrogens is 4. The number of alkyl halides is 3. The molecule has 0 saturated carbocycles. The first-order valence-electron chi connectivity index (χ1n) is 13.6. The summed E-state index contributed by atoms with van der Waals surface area (Å²) in [4.78, 5) is 40.6. The third-order valence-corrected chi connectivity index (χ3v) is 7.80. The van der Waals surface area contributed by atoms with Gasteiger partial charge in [0.15, 0.2) is 0 Å². The van der Waals surface area contributed by atoms with Crippen LogP contribution in [0.1, 0.15) is 41.0 Å². The number of amides is 2. The van der Waals surface area contributed by atoms with Gasteiger partial charge in [-0.1, -0.05) is 12.1 Å². The van der Waals surface area contributed by atoms with Gasteiger partial charge in [0.1, 0.15) is 28.7 Å². The van der Waals surface area contributed by atoms with Crippen molar-refractivity contribution >= 4 is 29.0 Å². The summed E-state index contributed by atoms with van der Waals surface area (Å²) < 4.78 is 46.2. The third kappa shape index (κ3) is 5.39. The van der Waals surface area contributed by atoms with Gasteiger partial charge in [-0.3, -0.25) is 14.0 Å². The highest BCUT2D eigenvalue weighted by atomic mass is 19.4. The number of hydrogen-bond donors (Lipinski definition) is 3. The summed E-state index contributed by atoms with van der Waals surface area (Å²) in [6.45, 7) is 3.11. The molecule has 0 radical (unpaired) electrons. The number of β-amino-alcohol motifs (C(OH)–C–C–N with tert-alkyl or cyclic N) is 1. The molecule has 5 heterocycles. The number of nitrogens with zero attached hydrogens (tertiary/aromatic N) is 5. The summed E-state index contributed by atoms with van der Waals surface area (Å²) in [5, 5.41) is 13.1. The molecule has 14 heteroatoms. The van der Waals surface area contributed by atoms with E-state index in [9.17, 15) is 27.9 Å². The van der Waals surface area contributed by atoms with Gasteiger partial charge >= 0.3 is 6.18 Å². The van der Waals surface area contributed by atoms with Crippen molar-refractivity contribution in [2.75, 3.05) is 37.4 Å². The van der Waals surface area contributed by atoms with Crippen LogP contribution in [-0.2, 0) is 15.7 Å². The Morgan fingerprint density at radius 1 is 1.12 bits per heavy atom. The predicted molar refractivity (Wildman–Crippen MR) is 149 cm³/mol. The van der Waals surface area contributed by atoms with Crippen molar-refractivity contribution in [3.8, 4) is 11.3 Å². The molecule has 224 valence electrons. The maximum Gasteiger partial charge on any atom is 0.416 e. The molecule has 4 N–H and O–H groups in total. The first kappa shape index (κ1) is 28.6. The highest BCUT2D eigenvalue weighted by Gasteiger charge is 2.46. The molecule has 0 bridgehead atoms. The van der Waals surface area contributed by atoms with Crippen molar-refractivity contribution in [1.82, 2.24) is 24.3 Å². The van der Waals surface area contributed by atoms with Crippen LogP contribution in [0.2, 0.25) is 0 Å². The van der Waals surface area contributed by atoms with Crippen molar-refractivity contribution in [2.24, 2.45) is 5.41 Å². The van der Waals surface area contributed by atoms with Crippen LogP contribution in [0, 0.1) is 5.41 Å². The molecular weight excluding hydrogens is 567 g/mol. The molecule has 0 spiro atoms. The molecule has 6 rings (SSSR count). The van der Waals surface area contributed by atoms with Gasteiger partial charge in [-0.15, -0.1) is 0 Å². The molecule has 43 heavy (non-hydrogen) atoms. The van der Waals surface area contributed by atoms with Crippen molar-refractivity contribution in [3.05, 3.63) is 71.9 Å². The van der Waals surface area contributed by atoms with Gasteiger partial charge in [0.05, 0.1) is 30.3 Å². The highest BCUT2D eigenvalue weighted by Crippen LogP contribution is 2.37. The number of likely N-dealkylation sites (tertiary alicyclic amines) is 1. The zero-order valence-corrected chi connectivity index (χ0v) is 23.0. The Kier molecular flexibility index (Phi) is 7.05. The molecule has 2 fully saturated rings. The maximum atomic E-state index is 13.2. The number of halogens is 3. The van der Waals surface area contributed by atoms with Gasteiger partial charge in [-0.2, -0.15) is 13.2 Å². The number of anilines is 2. The zero-order valence-electron chi connectivity index (χ0n) is 23.0. The monoisotopic (exact) mass is 595 g/mol. The second-order valence-corrected chi connectivity index (χ2v) is 11.2. The highest BCUT2D eigenvalue weighted by molar-refractivity contribution is 6.04. The van der Waals surface area contributed by atoms with Crippen LogP contribution < -0.4 is 11.1 Å². The first-order valence-corrected chi connectivity index (χ1v) is 13.6. The van der Waals surface area contributed by atoms with E-state index in [1.54, 1.807) is 33.8 Å². The largest absolute Gasteiger partial charge is 0.416 e. The van der Waals surface area contributed by atoms with Crippen LogP contribution in [0.5, 0.6) is 0 Å². The van der Waals surface area contributed by atoms with E-state index in [1.165, 1.54) is 12.1 Å². The average molecular weight is 596 g/mol. The van der Waals surface area contributed by atoms with Gasteiger partial charge in [0.25, 0.3) is 5.91 Å². The lowest BCUT2D eigenvalue weighted by molar-refractivity contribution is -0.172. The summed E-state index contributed by atoms with van der Waals surface area (Å²) in [5.74, 6) is -0.417. The number of hydrogen-bond acceptors (Lipinski definition) is 8. The van der Waals surface area contributed by atoms with E-state index in [4.69, 9.17) is 15.5 Å². The van der Waals surface area contributed by atoms with E-state index in [-0.39, 0.29) is 35.6 Å². The molecule has 3 aromatic heterocycles. The number of piperidine rings is 1. The molecule has 1 aromatic carbocycles. The Morgan fingerprint density at radius 3 is 2.53 bits per heavy atom. The molecule has 2 amide bonds. The second-order valence-electron chi connectivity index (χ2n) is 11.2. The molecule has 0 unspecified atom stereocenters. The number of carbonyl (C=O) groups is 2. The minimum atomic E-state index is -4.57. The summed E-state index contributed by atoms with van der Waals surface area (Å²) in [6, 6.07) is 7.91. The first-order chi connectivity index (χ1) is 20.4. The number of imidazole rings is 1. The summed E-state index contributed by atoms with van der Waals surface area (Å²) in [7, 11) is 0. The van der Waals surface area contributed by atoms with Crippen LogP contribution >= 0.6 is 0 Å². The number of carbonyl (C=O) groups excluding carboxylic acids is 2. The fourth-order valence-electron chi connectivity index (χ4n) is 5.56.